The van der Waals surface area contributed by atoms with Gasteiger partial charge in [0.2, 0.25) is 0 Å². The molecule has 0 aromatic heterocycles. The Hall–Kier alpha value is 0.840. The Balaban J connectivity index is 1.57. The lowest BCUT2D eigenvalue weighted by molar-refractivity contribution is 0.352. The van der Waals surface area contributed by atoms with Crippen LogP contribution in [0, 0.1) is 0 Å². The largest absolute Gasteiger partial charge is 0.493 e. The van der Waals surface area contributed by atoms with Gasteiger partial charge < -0.3 is 9.47 Å². The fourth-order valence-corrected chi connectivity index (χ4v) is 13.4. The summed E-state index contributed by atoms with van der Waals surface area (Å²) in [5.74, 6) is 1.58. The molecular formula is C16H14O2S8. The Labute approximate surface area is 187 Å². The molecule has 1 aromatic rings. The van der Waals surface area contributed by atoms with Gasteiger partial charge in [0, 0.05) is 9.79 Å². The van der Waals surface area contributed by atoms with E-state index in [2.05, 4.69) is 24.6 Å². The highest BCUT2D eigenvalue weighted by Crippen LogP contribution is 2.69. The van der Waals surface area contributed by atoms with Gasteiger partial charge in [-0.1, -0.05) is 70.6 Å². The van der Waals surface area contributed by atoms with E-state index >= 15 is 0 Å². The fraction of sp³-hybridized carbons (Fsp3) is 0.250. The van der Waals surface area contributed by atoms with Gasteiger partial charge in [-0.25, -0.2) is 0 Å². The van der Waals surface area contributed by atoms with E-state index in [1.807, 2.05) is 94.1 Å². The van der Waals surface area contributed by atoms with Crippen LogP contribution in [0.2, 0.25) is 0 Å². The van der Waals surface area contributed by atoms with Crippen LogP contribution in [0.4, 0.5) is 0 Å². The summed E-state index contributed by atoms with van der Waals surface area (Å²) in [7, 11) is 3.37. The summed E-state index contributed by atoms with van der Waals surface area (Å²) in [4.78, 5) is 2.48. The third kappa shape index (κ3) is 3.81. The first-order valence-electron chi connectivity index (χ1n) is 7.30. The van der Waals surface area contributed by atoms with Gasteiger partial charge >= 0.3 is 0 Å². The molecule has 0 bridgehead atoms. The van der Waals surface area contributed by atoms with Crippen molar-refractivity contribution < 1.29 is 9.47 Å². The molecule has 0 saturated carbocycles. The minimum atomic E-state index is 0.790. The molecule has 2 nitrogen and oxygen atoms in total. The zero-order valence-electron chi connectivity index (χ0n) is 14.2. The summed E-state index contributed by atoms with van der Waals surface area (Å²) >= 11 is 15.0. The average Bonchev–Trinajstić information content (AvgIpc) is 3.27. The minimum absolute atomic E-state index is 0.790. The van der Waals surface area contributed by atoms with Crippen molar-refractivity contribution in [3.63, 3.8) is 0 Å². The van der Waals surface area contributed by atoms with Crippen molar-refractivity contribution in [1.82, 2.24) is 0 Å². The second-order valence-electron chi connectivity index (χ2n) is 4.90. The smallest absolute Gasteiger partial charge is 0.161 e. The van der Waals surface area contributed by atoms with E-state index in [-0.39, 0.29) is 0 Å². The first kappa shape index (κ1) is 20.1. The third-order valence-electron chi connectivity index (χ3n) is 3.47. The molecular weight excluding hydrogens is 481 g/mol. The van der Waals surface area contributed by atoms with Crippen molar-refractivity contribution in [3.05, 3.63) is 37.6 Å². The second kappa shape index (κ2) is 8.69. The number of benzene rings is 1. The SMILES string of the molecule is COc1cc2c(cc1OC)SC1=C(SC(=C3SC(SC)=C(SC)S3)S1)S2. The molecule has 26 heavy (non-hydrogen) atoms. The van der Waals surface area contributed by atoms with Crippen LogP contribution in [-0.4, -0.2) is 26.7 Å². The summed E-state index contributed by atoms with van der Waals surface area (Å²) in [5.41, 5.74) is 0. The molecule has 1 aromatic carbocycles. The van der Waals surface area contributed by atoms with Crippen molar-refractivity contribution in [3.8, 4) is 11.5 Å². The molecule has 0 aliphatic carbocycles. The summed E-state index contributed by atoms with van der Waals surface area (Å²) in [6.07, 6.45) is 4.32. The quantitative estimate of drug-likeness (QED) is 0.408. The molecule has 3 aliphatic heterocycles. The van der Waals surface area contributed by atoms with E-state index in [0.29, 0.717) is 0 Å². The predicted octanol–water partition coefficient (Wildman–Crippen LogP) is 7.97. The first-order valence-corrected chi connectivity index (χ1v) is 14.7. The maximum Gasteiger partial charge on any atom is 0.161 e. The number of thioether (sulfide) groups is 8. The number of methoxy groups -OCH3 is 2. The Morgan fingerprint density at radius 3 is 1.38 bits per heavy atom. The average molecular weight is 495 g/mol. The van der Waals surface area contributed by atoms with Crippen LogP contribution in [-0.2, 0) is 0 Å². The van der Waals surface area contributed by atoms with Crippen molar-refractivity contribution in [2.75, 3.05) is 26.7 Å². The molecule has 0 unspecified atom stereocenters. The van der Waals surface area contributed by atoms with E-state index in [1.165, 1.54) is 35.2 Å². The predicted molar refractivity (Wildman–Crippen MR) is 130 cm³/mol. The van der Waals surface area contributed by atoms with Crippen molar-refractivity contribution >= 4 is 94.1 Å². The number of hydrogen-bond acceptors (Lipinski definition) is 10. The highest BCUT2D eigenvalue weighted by Gasteiger charge is 2.33. The number of rotatable bonds is 4. The highest BCUT2D eigenvalue weighted by atomic mass is 32.3. The van der Waals surface area contributed by atoms with Gasteiger partial charge in [-0.2, -0.15) is 0 Å². The molecule has 10 heteroatoms. The monoisotopic (exact) mass is 494 g/mol. The lowest BCUT2D eigenvalue weighted by Crippen LogP contribution is -1.94. The zero-order valence-corrected chi connectivity index (χ0v) is 20.8. The lowest BCUT2D eigenvalue weighted by Gasteiger charge is -2.18. The third-order valence-corrected chi connectivity index (χ3v) is 14.8. The Bertz CT molecular complexity index is 793. The number of ether oxygens (including phenoxy) is 2. The Morgan fingerprint density at radius 1 is 0.615 bits per heavy atom. The van der Waals surface area contributed by atoms with Crippen LogP contribution in [0.1, 0.15) is 0 Å². The highest BCUT2D eigenvalue weighted by molar-refractivity contribution is 8.45. The van der Waals surface area contributed by atoms with E-state index in [4.69, 9.17) is 9.47 Å². The second-order valence-corrected chi connectivity index (χ2v) is 14.3. The van der Waals surface area contributed by atoms with Crippen molar-refractivity contribution in [1.29, 1.82) is 0 Å². The maximum absolute atomic E-state index is 5.46. The van der Waals surface area contributed by atoms with E-state index in [9.17, 15) is 0 Å². The standard InChI is InChI=1S/C16H14O2S8/c1-17-7-5-9-10(6-8(7)18-2)22-14-13(21-9)25-16(26-14)15-23-11(19-3)12(20-4)24-15/h5-6H,1-4H3. The molecule has 0 atom stereocenters. The Kier molecular flexibility index (Phi) is 6.73. The molecule has 3 aliphatic rings. The number of fused-ring (bicyclic) bond motifs is 1. The minimum Gasteiger partial charge on any atom is -0.493 e. The van der Waals surface area contributed by atoms with Crippen LogP contribution >= 0.6 is 94.1 Å². The van der Waals surface area contributed by atoms with Gasteiger partial charge in [-0.15, -0.1) is 23.5 Å². The van der Waals surface area contributed by atoms with E-state index in [0.717, 1.165) is 11.5 Å². The van der Waals surface area contributed by atoms with Crippen molar-refractivity contribution in [2.24, 2.45) is 0 Å². The van der Waals surface area contributed by atoms with Crippen molar-refractivity contribution in [2.45, 2.75) is 9.79 Å². The molecule has 0 radical (unpaired) electrons. The molecule has 0 N–H and O–H groups in total. The molecule has 0 saturated heterocycles. The fourth-order valence-electron chi connectivity index (χ4n) is 2.29. The van der Waals surface area contributed by atoms with Crippen LogP contribution in [0.25, 0.3) is 0 Å². The summed E-state index contributed by atoms with van der Waals surface area (Å²) < 4.78 is 19.4. The van der Waals surface area contributed by atoms with Gasteiger partial charge in [0.25, 0.3) is 0 Å². The molecule has 4 rings (SSSR count). The van der Waals surface area contributed by atoms with E-state index in [1.54, 1.807) is 14.2 Å². The summed E-state index contributed by atoms with van der Waals surface area (Å²) in [5, 5.41) is 0. The summed E-state index contributed by atoms with van der Waals surface area (Å²) in [6.45, 7) is 0. The van der Waals surface area contributed by atoms with Gasteiger partial charge in [-0.05, 0) is 24.6 Å². The van der Waals surface area contributed by atoms with Gasteiger partial charge in [0.1, 0.15) is 0 Å². The van der Waals surface area contributed by atoms with Gasteiger partial charge in [0.15, 0.2) is 11.5 Å². The van der Waals surface area contributed by atoms with Gasteiger partial charge in [0.05, 0.1) is 39.6 Å². The lowest BCUT2D eigenvalue weighted by atomic mass is 10.3. The maximum atomic E-state index is 5.46. The van der Waals surface area contributed by atoms with Crippen LogP contribution in [0.3, 0.4) is 0 Å². The van der Waals surface area contributed by atoms with Crippen LogP contribution < -0.4 is 9.47 Å². The Morgan fingerprint density at radius 2 is 1.00 bits per heavy atom. The number of hydrogen-bond donors (Lipinski definition) is 0. The topological polar surface area (TPSA) is 18.5 Å². The van der Waals surface area contributed by atoms with Crippen LogP contribution in [0.15, 0.2) is 47.3 Å². The zero-order chi connectivity index (χ0) is 18.3. The summed E-state index contributed by atoms with van der Waals surface area (Å²) in [6, 6.07) is 4.18. The normalized spacial score (nSPS) is 19.2. The molecule has 3 heterocycles. The van der Waals surface area contributed by atoms with Crippen LogP contribution in [0.5, 0.6) is 11.5 Å². The van der Waals surface area contributed by atoms with Gasteiger partial charge in [-0.3, -0.25) is 0 Å². The molecule has 0 fully saturated rings. The molecule has 138 valence electrons. The van der Waals surface area contributed by atoms with E-state index < -0.39 is 0 Å². The molecule has 0 amide bonds. The molecule has 0 spiro atoms. The first-order chi connectivity index (χ1) is 12.7.